The Morgan fingerprint density at radius 1 is 0.720 bits per heavy atom. The van der Waals surface area contributed by atoms with Gasteiger partial charge in [-0.15, -0.1) is 0 Å². The van der Waals surface area contributed by atoms with Crippen LogP contribution in [0.5, 0.6) is 0 Å². The zero-order valence-electron chi connectivity index (χ0n) is 14.8. The van der Waals surface area contributed by atoms with Crippen molar-refractivity contribution in [2.24, 2.45) is 0 Å². The highest BCUT2D eigenvalue weighted by Gasteiger charge is 2.19. The lowest BCUT2D eigenvalue weighted by Crippen LogP contribution is -2.29. The van der Waals surface area contributed by atoms with E-state index >= 15 is 0 Å². The summed E-state index contributed by atoms with van der Waals surface area (Å²) in [6.45, 7) is 6.16. The van der Waals surface area contributed by atoms with Crippen molar-refractivity contribution in [1.29, 1.82) is 0 Å². The second kappa shape index (κ2) is 7.63. The fourth-order valence-electron chi connectivity index (χ4n) is 2.80. The maximum Gasteiger partial charge on any atom is 0.255 e. The summed E-state index contributed by atoms with van der Waals surface area (Å²) in [5.41, 5.74) is 4.19. The third kappa shape index (κ3) is 3.81. The normalized spacial score (nSPS) is 10.7. The zero-order valence-corrected chi connectivity index (χ0v) is 15.7. The summed E-state index contributed by atoms with van der Waals surface area (Å²) >= 11 is 0. The Labute approximate surface area is 150 Å². The van der Waals surface area contributed by atoms with E-state index in [9.17, 15) is 4.79 Å². The molecule has 0 saturated heterocycles. The van der Waals surface area contributed by atoms with Crippen LogP contribution in [0.3, 0.4) is 0 Å². The van der Waals surface area contributed by atoms with Gasteiger partial charge in [-0.3, -0.25) is 4.79 Å². The first-order valence-electron chi connectivity index (χ1n) is 8.36. The van der Waals surface area contributed by atoms with Crippen LogP contribution in [0.4, 0.5) is 0 Å². The van der Waals surface area contributed by atoms with Crippen LogP contribution in [-0.4, -0.2) is 5.91 Å². The van der Waals surface area contributed by atoms with Crippen LogP contribution in [0.1, 0.15) is 27.0 Å². The molecule has 0 aliphatic carbocycles. The highest BCUT2D eigenvalue weighted by molar-refractivity contribution is 7.71. The lowest BCUT2D eigenvalue weighted by Gasteiger charge is -2.21. The van der Waals surface area contributed by atoms with E-state index in [-0.39, 0.29) is 5.91 Å². The van der Waals surface area contributed by atoms with E-state index in [0.717, 1.165) is 21.7 Å². The van der Waals surface area contributed by atoms with Gasteiger partial charge in [-0.2, -0.15) is 0 Å². The van der Waals surface area contributed by atoms with Crippen LogP contribution in [0.25, 0.3) is 0 Å². The van der Waals surface area contributed by atoms with E-state index in [0.29, 0.717) is 0 Å². The first-order valence-corrected chi connectivity index (χ1v) is 9.70. The van der Waals surface area contributed by atoms with Gasteiger partial charge in [-0.05, 0) is 43.5 Å². The maximum absolute atomic E-state index is 13.0. The van der Waals surface area contributed by atoms with Crippen LogP contribution in [-0.2, 0) is 0 Å². The van der Waals surface area contributed by atoms with Gasteiger partial charge in [-0.1, -0.05) is 66.7 Å². The lowest BCUT2D eigenvalue weighted by molar-refractivity contribution is 0.0982. The molecular formula is C22H22NOP. The number of benzene rings is 3. The molecule has 3 aromatic carbocycles. The fourth-order valence-corrected chi connectivity index (χ4v) is 4.62. The average molecular weight is 347 g/mol. The predicted molar refractivity (Wildman–Crippen MR) is 107 cm³/mol. The van der Waals surface area contributed by atoms with Gasteiger partial charge in [0, 0.05) is 16.2 Å². The van der Waals surface area contributed by atoms with Crippen LogP contribution in [0, 0.1) is 20.8 Å². The van der Waals surface area contributed by atoms with E-state index < -0.39 is 8.07 Å². The summed E-state index contributed by atoms with van der Waals surface area (Å²) < 4.78 is 0. The largest absolute Gasteiger partial charge is 0.323 e. The van der Waals surface area contributed by atoms with Crippen molar-refractivity contribution in [3.05, 3.63) is 95.1 Å². The van der Waals surface area contributed by atoms with E-state index in [1.165, 1.54) is 11.1 Å². The van der Waals surface area contributed by atoms with Gasteiger partial charge in [0.05, 0.1) is 8.07 Å². The predicted octanol–water partition coefficient (Wildman–Crippen LogP) is 4.39. The molecule has 0 aliphatic heterocycles. The number of carbonyl (C=O) groups is 1. The summed E-state index contributed by atoms with van der Waals surface area (Å²) in [5.74, 6) is -0.0144. The highest BCUT2D eigenvalue weighted by atomic mass is 31.1. The molecular weight excluding hydrogens is 325 g/mol. The molecule has 1 N–H and O–H groups in total. The van der Waals surface area contributed by atoms with Gasteiger partial charge in [0.25, 0.3) is 5.91 Å². The first kappa shape index (κ1) is 17.4. The number of rotatable bonds is 4. The molecule has 0 saturated carbocycles. The summed E-state index contributed by atoms with van der Waals surface area (Å²) in [5, 5.41) is 5.55. The molecule has 0 aliphatic rings. The van der Waals surface area contributed by atoms with Crippen LogP contribution in [0.15, 0.2) is 72.8 Å². The Morgan fingerprint density at radius 3 is 1.76 bits per heavy atom. The minimum Gasteiger partial charge on any atom is -0.323 e. The van der Waals surface area contributed by atoms with Gasteiger partial charge >= 0.3 is 0 Å². The van der Waals surface area contributed by atoms with Crippen molar-refractivity contribution in [3.8, 4) is 0 Å². The highest BCUT2D eigenvalue weighted by Crippen LogP contribution is 2.29. The van der Waals surface area contributed by atoms with Crippen LogP contribution in [0.2, 0.25) is 0 Å². The smallest absolute Gasteiger partial charge is 0.255 e. The summed E-state index contributed by atoms with van der Waals surface area (Å²) in [6.07, 6.45) is 0. The number of amides is 1. The topological polar surface area (TPSA) is 29.1 Å². The second-order valence-electron chi connectivity index (χ2n) is 6.13. The van der Waals surface area contributed by atoms with Crippen molar-refractivity contribution in [2.75, 3.05) is 0 Å². The Hall–Kier alpha value is -2.44. The van der Waals surface area contributed by atoms with E-state index in [4.69, 9.17) is 0 Å². The number of hydrogen-bond donors (Lipinski definition) is 1. The molecule has 126 valence electrons. The molecule has 1 amide bonds. The molecule has 25 heavy (non-hydrogen) atoms. The minimum atomic E-state index is -0.943. The molecule has 0 aromatic heterocycles. The summed E-state index contributed by atoms with van der Waals surface area (Å²) in [4.78, 5) is 13.0. The van der Waals surface area contributed by atoms with E-state index in [1.54, 1.807) is 0 Å². The van der Waals surface area contributed by atoms with Crippen molar-refractivity contribution >= 4 is 24.6 Å². The first-order chi connectivity index (χ1) is 12.1. The summed E-state index contributed by atoms with van der Waals surface area (Å²) in [6, 6.07) is 24.3. The fraction of sp³-hybridized carbons (Fsp3) is 0.136. The summed E-state index contributed by atoms with van der Waals surface area (Å²) in [7, 11) is -0.943. The standard InChI is InChI=1S/C22H22NOP/c1-16-14-15-21(18(3)17(16)2)22(24)23-25(19-10-6-4-7-11-19)20-12-8-5-9-13-20/h4-15H,1-3H3,(H,23,24). The number of aryl methyl sites for hydroxylation is 1. The third-order valence-electron chi connectivity index (χ3n) is 4.54. The number of nitrogens with one attached hydrogen (secondary N) is 1. The SMILES string of the molecule is Cc1ccc(C(=O)NP(c2ccccc2)c2ccccc2)c(C)c1C. The van der Waals surface area contributed by atoms with Crippen LogP contribution >= 0.6 is 8.07 Å². The Morgan fingerprint density at radius 2 is 1.24 bits per heavy atom. The van der Waals surface area contributed by atoms with Gasteiger partial charge in [-0.25, -0.2) is 0 Å². The Kier molecular flexibility index (Phi) is 5.31. The molecule has 0 spiro atoms. The van der Waals surface area contributed by atoms with Crippen molar-refractivity contribution < 1.29 is 4.79 Å². The number of carbonyl (C=O) groups excluding carboxylic acids is 1. The van der Waals surface area contributed by atoms with Gasteiger partial charge < -0.3 is 5.09 Å². The molecule has 0 atom stereocenters. The van der Waals surface area contributed by atoms with Crippen molar-refractivity contribution in [3.63, 3.8) is 0 Å². The molecule has 3 rings (SSSR count). The quantitative estimate of drug-likeness (QED) is 0.697. The van der Waals surface area contributed by atoms with Gasteiger partial charge in [0.2, 0.25) is 0 Å². The molecule has 3 heteroatoms. The lowest BCUT2D eigenvalue weighted by atomic mass is 9.99. The van der Waals surface area contributed by atoms with E-state index in [2.05, 4.69) is 43.2 Å². The Balaban J connectivity index is 1.96. The van der Waals surface area contributed by atoms with Crippen LogP contribution < -0.4 is 15.7 Å². The van der Waals surface area contributed by atoms with E-state index in [1.807, 2.05) is 55.5 Å². The van der Waals surface area contributed by atoms with Gasteiger partial charge in [0.15, 0.2) is 0 Å². The molecule has 0 fully saturated rings. The van der Waals surface area contributed by atoms with Crippen molar-refractivity contribution in [1.82, 2.24) is 5.09 Å². The molecule has 0 bridgehead atoms. The monoisotopic (exact) mass is 347 g/mol. The molecule has 2 nitrogen and oxygen atoms in total. The maximum atomic E-state index is 13.0. The second-order valence-corrected chi connectivity index (χ2v) is 8.05. The van der Waals surface area contributed by atoms with Crippen molar-refractivity contribution in [2.45, 2.75) is 20.8 Å². The molecule has 0 unspecified atom stereocenters. The van der Waals surface area contributed by atoms with Gasteiger partial charge in [0.1, 0.15) is 0 Å². The molecule has 3 aromatic rings. The number of hydrogen-bond acceptors (Lipinski definition) is 1. The Bertz CT molecular complexity index is 836. The minimum absolute atomic E-state index is 0.0144. The molecule has 0 radical (unpaired) electrons. The zero-order chi connectivity index (χ0) is 17.8. The molecule has 0 heterocycles. The average Bonchev–Trinajstić information content (AvgIpc) is 2.65. The third-order valence-corrected chi connectivity index (χ3v) is 6.60.